The molecule has 0 radical (unpaired) electrons. The van der Waals surface area contributed by atoms with Gasteiger partial charge in [-0.05, 0) is 26.0 Å². The van der Waals surface area contributed by atoms with E-state index in [0.717, 1.165) is 5.69 Å². The van der Waals surface area contributed by atoms with E-state index in [-0.39, 0.29) is 5.91 Å². The van der Waals surface area contributed by atoms with E-state index >= 15 is 0 Å². The quantitative estimate of drug-likeness (QED) is 0.649. The normalized spacial score (nSPS) is 11.4. The number of rotatable bonds is 4. The van der Waals surface area contributed by atoms with Gasteiger partial charge in [-0.25, -0.2) is 0 Å². The summed E-state index contributed by atoms with van der Waals surface area (Å²) >= 11 is 0. The van der Waals surface area contributed by atoms with Crippen LogP contribution in [0.25, 0.3) is 0 Å². The highest BCUT2D eigenvalue weighted by Crippen LogP contribution is 2.20. The SMILES string of the molecule is CC(C)(C(=O)NCCN)c1ccc[nH]1. The van der Waals surface area contributed by atoms with E-state index in [9.17, 15) is 4.79 Å². The van der Waals surface area contributed by atoms with Crippen LogP contribution in [-0.4, -0.2) is 24.0 Å². The minimum absolute atomic E-state index is 0.00889. The van der Waals surface area contributed by atoms with Gasteiger partial charge in [-0.3, -0.25) is 4.79 Å². The van der Waals surface area contributed by atoms with Crippen LogP contribution in [0.15, 0.2) is 18.3 Å². The maximum atomic E-state index is 11.7. The number of H-pyrrole nitrogens is 1. The number of nitrogens with two attached hydrogens (primary N) is 1. The van der Waals surface area contributed by atoms with E-state index in [1.165, 1.54) is 0 Å². The number of hydrogen-bond donors (Lipinski definition) is 3. The molecule has 1 amide bonds. The zero-order valence-electron chi connectivity index (χ0n) is 8.63. The first-order chi connectivity index (χ1) is 6.59. The first kappa shape index (κ1) is 10.8. The molecule has 0 aliphatic rings. The monoisotopic (exact) mass is 195 g/mol. The van der Waals surface area contributed by atoms with E-state index in [1.807, 2.05) is 32.2 Å². The number of hydrogen-bond acceptors (Lipinski definition) is 2. The Kier molecular flexibility index (Phi) is 3.30. The molecule has 0 spiro atoms. The van der Waals surface area contributed by atoms with Gasteiger partial charge in [-0.1, -0.05) is 0 Å². The Morgan fingerprint density at radius 3 is 2.86 bits per heavy atom. The Hall–Kier alpha value is -1.29. The zero-order valence-corrected chi connectivity index (χ0v) is 8.63. The highest BCUT2D eigenvalue weighted by atomic mass is 16.2. The molecule has 1 aromatic rings. The summed E-state index contributed by atoms with van der Waals surface area (Å²) in [6.07, 6.45) is 1.81. The molecule has 0 bridgehead atoms. The van der Waals surface area contributed by atoms with Crippen LogP contribution < -0.4 is 11.1 Å². The smallest absolute Gasteiger partial charge is 0.231 e. The Morgan fingerprint density at radius 2 is 2.36 bits per heavy atom. The molecular weight excluding hydrogens is 178 g/mol. The van der Waals surface area contributed by atoms with Crippen molar-refractivity contribution in [2.24, 2.45) is 5.73 Å². The lowest BCUT2D eigenvalue weighted by molar-refractivity contribution is -0.125. The highest BCUT2D eigenvalue weighted by molar-refractivity contribution is 5.86. The fourth-order valence-corrected chi connectivity index (χ4v) is 1.25. The molecular formula is C10H17N3O. The average Bonchev–Trinajstić information content (AvgIpc) is 2.67. The number of carbonyl (C=O) groups excluding carboxylic acids is 1. The lowest BCUT2D eigenvalue weighted by Gasteiger charge is -2.22. The highest BCUT2D eigenvalue weighted by Gasteiger charge is 2.29. The molecule has 4 nitrogen and oxygen atoms in total. The van der Waals surface area contributed by atoms with Crippen molar-refractivity contribution >= 4 is 5.91 Å². The Balaban J connectivity index is 2.70. The predicted octanol–water partition coefficient (Wildman–Crippen LogP) is 0.367. The van der Waals surface area contributed by atoms with E-state index in [4.69, 9.17) is 5.73 Å². The fourth-order valence-electron chi connectivity index (χ4n) is 1.25. The maximum absolute atomic E-state index is 11.7. The average molecular weight is 195 g/mol. The molecule has 0 aliphatic heterocycles. The second-order valence-electron chi connectivity index (χ2n) is 3.75. The van der Waals surface area contributed by atoms with Crippen molar-refractivity contribution in [1.29, 1.82) is 0 Å². The van der Waals surface area contributed by atoms with Gasteiger partial charge in [0.25, 0.3) is 0 Å². The van der Waals surface area contributed by atoms with Gasteiger partial charge >= 0.3 is 0 Å². The summed E-state index contributed by atoms with van der Waals surface area (Å²) < 4.78 is 0. The second-order valence-corrected chi connectivity index (χ2v) is 3.75. The molecule has 4 heteroatoms. The number of aromatic amines is 1. The van der Waals surface area contributed by atoms with Crippen molar-refractivity contribution < 1.29 is 4.79 Å². The van der Waals surface area contributed by atoms with Gasteiger partial charge in [-0.15, -0.1) is 0 Å². The van der Waals surface area contributed by atoms with Gasteiger partial charge < -0.3 is 16.0 Å². The molecule has 0 aliphatic carbocycles. The predicted molar refractivity (Wildman–Crippen MR) is 55.9 cm³/mol. The number of carbonyl (C=O) groups is 1. The third-order valence-corrected chi connectivity index (χ3v) is 2.27. The summed E-state index contributed by atoms with van der Waals surface area (Å²) in [5, 5.41) is 2.78. The molecule has 78 valence electrons. The molecule has 0 saturated heterocycles. The summed E-state index contributed by atoms with van der Waals surface area (Å²) in [6.45, 7) is 4.74. The zero-order chi connectivity index (χ0) is 10.6. The van der Waals surface area contributed by atoms with Gasteiger partial charge in [-0.2, -0.15) is 0 Å². The van der Waals surface area contributed by atoms with Crippen LogP contribution in [0.4, 0.5) is 0 Å². The van der Waals surface area contributed by atoms with Crippen LogP contribution in [0.3, 0.4) is 0 Å². The molecule has 1 aromatic heterocycles. The van der Waals surface area contributed by atoms with Crippen molar-refractivity contribution in [3.8, 4) is 0 Å². The Morgan fingerprint density at radius 1 is 1.64 bits per heavy atom. The lowest BCUT2D eigenvalue weighted by atomic mass is 9.88. The first-order valence-corrected chi connectivity index (χ1v) is 4.71. The van der Waals surface area contributed by atoms with E-state index in [0.29, 0.717) is 13.1 Å². The Bertz CT molecular complexity index is 290. The molecule has 0 unspecified atom stereocenters. The molecule has 0 aromatic carbocycles. The largest absolute Gasteiger partial charge is 0.364 e. The van der Waals surface area contributed by atoms with Gasteiger partial charge in [0.2, 0.25) is 5.91 Å². The minimum Gasteiger partial charge on any atom is -0.364 e. The van der Waals surface area contributed by atoms with Crippen molar-refractivity contribution in [3.63, 3.8) is 0 Å². The lowest BCUT2D eigenvalue weighted by Crippen LogP contribution is -2.42. The summed E-state index contributed by atoms with van der Waals surface area (Å²) in [7, 11) is 0. The van der Waals surface area contributed by atoms with Crippen molar-refractivity contribution in [2.45, 2.75) is 19.3 Å². The summed E-state index contributed by atoms with van der Waals surface area (Å²) in [6, 6.07) is 3.79. The molecule has 0 saturated carbocycles. The van der Waals surface area contributed by atoms with Crippen LogP contribution in [-0.2, 0) is 10.2 Å². The summed E-state index contributed by atoms with van der Waals surface area (Å²) in [5.74, 6) is -0.00889. The van der Waals surface area contributed by atoms with E-state index < -0.39 is 5.41 Å². The van der Waals surface area contributed by atoms with Crippen LogP contribution in [0.2, 0.25) is 0 Å². The molecule has 0 fully saturated rings. The van der Waals surface area contributed by atoms with Crippen LogP contribution in [0.1, 0.15) is 19.5 Å². The standard InChI is InChI=1S/C10H17N3O/c1-10(2,8-4-3-6-12-8)9(14)13-7-5-11/h3-4,6,12H,5,7,11H2,1-2H3,(H,13,14). The van der Waals surface area contributed by atoms with Crippen LogP contribution in [0, 0.1) is 0 Å². The van der Waals surface area contributed by atoms with Crippen molar-refractivity contribution in [2.75, 3.05) is 13.1 Å². The number of nitrogens with one attached hydrogen (secondary N) is 2. The van der Waals surface area contributed by atoms with Gasteiger partial charge in [0.05, 0.1) is 5.41 Å². The van der Waals surface area contributed by atoms with Gasteiger partial charge in [0.15, 0.2) is 0 Å². The van der Waals surface area contributed by atoms with Crippen LogP contribution >= 0.6 is 0 Å². The fraction of sp³-hybridized carbons (Fsp3) is 0.500. The molecule has 0 atom stereocenters. The molecule has 1 heterocycles. The van der Waals surface area contributed by atoms with Crippen molar-refractivity contribution in [3.05, 3.63) is 24.0 Å². The summed E-state index contributed by atoms with van der Waals surface area (Å²) in [4.78, 5) is 14.8. The van der Waals surface area contributed by atoms with Crippen molar-refractivity contribution in [1.82, 2.24) is 10.3 Å². The third-order valence-electron chi connectivity index (χ3n) is 2.27. The first-order valence-electron chi connectivity index (χ1n) is 4.71. The molecule has 1 rings (SSSR count). The van der Waals surface area contributed by atoms with Gasteiger partial charge in [0, 0.05) is 25.0 Å². The maximum Gasteiger partial charge on any atom is 0.231 e. The summed E-state index contributed by atoms with van der Waals surface area (Å²) in [5.41, 5.74) is 5.70. The van der Waals surface area contributed by atoms with E-state index in [1.54, 1.807) is 0 Å². The van der Waals surface area contributed by atoms with E-state index in [2.05, 4.69) is 10.3 Å². The number of amides is 1. The second kappa shape index (κ2) is 4.28. The van der Waals surface area contributed by atoms with Gasteiger partial charge in [0.1, 0.15) is 0 Å². The minimum atomic E-state index is -0.529. The topological polar surface area (TPSA) is 70.9 Å². The third kappa shape index (κ3) is 2.14. The number of aromatic nitrogens is 1. The van der Waals surface area contributed by atoms with Crippen LogP contribution in [0.5, 0.6) is 0 Å². The molecule has 4 N–H and O–H groups in total. The molecule has 14 heavy (non-hydrogen) atoms. The Labute approximate surface area is 83.9 Å².